The van der Waals surface area contributed by atoms with Gasteiger partial charge >= 0.3 is 5.97 Å². The Bertz CT molecular complexity index is 598. The lowest BCUT2D eigenvalue weighted by atomic mass is 9.97. The maximum atomic E-state index is 11.0. The molecule has 0 unspecified atom stereocenters. The molecule has 0 aliphatic carbocycles. The van der Waals surface area contributed by atoms with Crippen LogP contribution in [0.4, 0.5) is 5.69 Å². The molecule has 5 heteroatoms. The normalized spacial score (nSPS) is 19.9. The van der Waals surface area contributed by atoms with E-state index in [0.717, 1.165) is 5.69 Å². The van der Waals surface area contributed by atoms with E-state index in [1.54, 1.807) is 6.07 Å². The van der Waals surface area contributed by atoms with Crippen LogP contribution in [0.5, 0.6) is 0 Å². The van der Waals surface area contributed by atoms with Crippen molar-refractivity contribution in [3.05, 3.63) is 29.3 Å². The molecule has 112 valence electrons. The van der Waals surface area contributed by atoms with Crippen LogP contribution in [-0.2, 0) is 4.74 Å². The minimum Gasteiger partial charge on any atom is -0.478 e. The van der Waals surface area contributed by atoms with Gasteiger partial charge in [0, 0.05) is 13.1 Å². The Hall–Kier alpha value is -2.06. The van der Waals surface area contributed by atoms with E-state index in [1.165, 1.54) is 12.1 Å². The second kappa shape index (κ2) is 5.05. The third-order valence-electron chi connectivity index (χ3n) is 3.40. The maximum Gasteiger partial charge on any atom is 0.335 e. The summed E-state index contributed by atoms with van der Waals surface area (Å²) in [6.45, 7) is 9.35. The standard InChI is InChI=1S/C16H20N2O3/c1-15(2)9-18(10-16(3,4)21-15)13-6-5-11(14(19)20)7-12(13)8-17/h5-7H,9-10H2,1-4H3,(H,19,20). The summed E-state index contributed by atoms with van der Waals surface area (Å²) < 4.78 is 6.03. The Morgan fingerprint density at radius 1 is 1.29 bits per heavy atom. The quantitative estimate of drug-likeness (QED) is 0.905. The van der Waals surface area contributed by atoms with Crippen molar-refractivity contribution in [3.8, 4) is 6.07 Å². The smallest absolute Gasteiger partial charge is 0.335 e. The van der Waals surface area contributed by atoms with Crippen LogP contribution in [0.2, 0.25) is 0 Å². The van der Waals surface area contributed by atoms with Gasteiger partial charge in [0.1, 0.15) is 6.07 Å². The zero-order chi connectivity index (χ0) is 15.8. The van der Waals surface area contributed by atoms with Crippen LogP contribution in [0.1, 0.15) is 43.6 Å². The average molecular weight is 288 g/mol. The van der Waals surface area contributed by atoms with E-state index >= 15 is 0 Å². The number of anilines is 1. The highest BCUT2D eigenvalue weighted by atomic mass is 16.5. The second-order valence-electron chi connectivity index (χ2n) is 6.63. The number of morpholine rings is 1. The molecule has 1 aromatic rings. The summed E-state index contributed by atoms with van der Waals surface area (Å²) in [4.78, 5) is 13.1. The van der Waals surface area contributed by atoms with Gasteiger partial charge in [0.05, 0.1) is 28.0 Å². The van der Waals surface area contributed by atoms with Crippen LogP contribution in [0.15, 0.2) is 18.2 Å². The molecular weight excluding hydrogens is 268 g/mol. The third kappa shape index (κ3) is 3.34. The van der Waals surface area contributed by atoms with E-state index < -0.39 is 5.97 Å². The van der Waals surface area contributed by atoms with Crippen LogP contribution in [-0.4, -0.2) is 35.4 Å². The first-order chi connectivity index (χ1) is 9.63. The van der Waals surface area contributed by atoms with Gasteiger partial charge in [-0.1, -0.05) is 0 Å². The number of benzene rings is 1. The molecule has 1 heterocycles. The molecule has 0 bridgehead atoms. The Labute approximate surface area is 124 Å². The molecule has 0 saturated carbocycles. The lowest BCUT2D eigenvalue weighted by Crippen LogP contribution is -2.57. The molecule has 0 aromatic heterocycles. The summed E-state index contributed by atoms with van der Waals surface area (Å²) in [5.74, 6) is -1.03. The summed E-state index contributed by atoms with van der Waals surface area (Å²) in [6, 6.07) is 6.76. The van der Waals surface area contributed by atoms with E-state index in [4.69, 9.17) is 9.84 Å². The van der Waals surface area contributed by atoms with Crippen molar-refractivity contribution in [2.45, 2.75) is 38.9 Å². The van der Waals surface area contributed by atoms with Gasteiger partial charge in [0.25, 0.3) is 0 Å². The number of aromatic carboxylic acids is 1. The lowest BCUT2D eigenvalue weighted by Gasteiger charge is -2.48. The van der Waals surface area contributed by atoms with Gasteiger partial charge in [0.15, 0.2) is 0 Å². The largest absolute Gasteiger partial charge is 0.478 e. The molecule has 1 aliphatic heterocycles. The number of rotatable bonds is 2. The van der Waals surface area contributed by atoms with Gasteiger partial charge in [0.2, 0.25) is 0 Å². The van der Waals surface area contributed by atoms with Gasteiger partial charge in [-0.15, -0.1) is 0 Å². The first-order valence-corrected chi connectivity index (χ1v) is 6.86. The average Bonchev–Trinajstić information content (AvgIpc) is 2.34. The van der Waals surface area contributed by atoms with Gasteiger partial charge in [-0.25, -0.2) is 4.79 Å². The predicted octanol–water partition coefficient (Wildman–Crippen LogP) is 2.65. The van der Waals surface area contributed by atoms with Gasteiger partial charge in [-0.05, 0) is 45.9 Å². The fourth-order valence-electron chi connectivity index (χ4n) is 2.99. The predicted molar refractivity (Wildman–Crippen MR) is 79.6 cm³/mol. The van der Waals surface area contributed by atoms with E-state index in [-0.39, 0.29) is 16.8 Å². The molecule has 21 heavy (non-hydrogen) atoms. The Morgan fingerprint density at radius 3 is 2.33 bits per heavy atom. The zero-order valence-corrected chi connectivity index (χ0v) is 12.8. The Balaban J connectivity index is 2.42. The minimum absolute atomic E-state index is 0.127. The molecule has 1 N–H and O–H groups in total. The molecule has 1 aliphatic rings. The number of hydrogen-bond donors (Lipinski definition) is 1. The Morgan fingerprint density at radius 2 is 1.86 bits per heavy atom. The van der Waals surface area contributed by atoms with Gasteiger partial charge in [-0.3, -0.25) is 0 Å². The van der Waals surface area contributed by atoms with E-state index in [2.05, 4.69) is 11.0 Å². The van der Waals surface area contributed by atoms with E-state index in [1.807, 2.05) is 27.7 Å². The van der Waals surface area contributed by atoms with Gasteiger partial charge in [-0.2, -0.15) is 5.26 Å². The van der Waals surface area contributed by atoms with Crippen LogP contribution in [0, 0.1) is 11.3 Å². The van der Waals surface area contributed by atoms with Crippen molar-refractivity contribution < 1.29 is 14.6 Å². The first-order valence-electron chi connectivity index (χ1n) is 6.86. The molecule has 1 fully saturated rings. The molecule has 5 nitrogen and oxygen atoms in total. The van der Waals surface area contributed by atoms with E-state index in [9.17, 15) is 10.1 Å². The van der Waals surface area contributed by atoms with Crippen molar-refractivity contribution >= 4 is 11.7 Å². The SMILES string of the molecule is CC1(C)CN(c2ccc(C(=O)O)cc2C#N)CC(C)(C)O1. The second-order valence-corrected chi connectivity index (χ2v) is 6.63. The lowest BCUT2D eigenvalue weighted by molar-refractivity contribution is -0.133. The number of ether oxygens (including phenoxy) is 1. The summed E-state index contributed by atoms with van der Waals surface area (Å²) >= 11 is 0. The number of carboxylic acids is 1. The van der Waals surface area contributed by atoms with Crippen LogP contribution >= 0.6 is 0 Å². The van der Waals surface area contributed by atoms with Crippen molar-refractivity contribution in [2.24, 2.45) is 0 Å². The summed E-state index contributed by atoms with van der Waals surface area (Å²) in [5.41, 5.74) is 0.595. The van der Waals surface area contributed by atoms with E-state index in [0.29, 0.717) is 18.7 Å². The van der Waals surface area contributed by atoms with Crippen molar-refractivity contribution in [3.63, 3.8) is 0 Å². The van der Waals surface area contributed by atoms with Crippen LogP contribution in [0.25, 0.3) is 0 Å². The summed E-state index contributed by atoms with van der Waals surface area (Å²) in [6.07, 6.45) is 0. The number of carboxylic acid groups (broad SMARTS) is 1. The van der Waals surface area contributed by atoms with Crippen molar-refractivity contribution in [1.82, 2.24) is 0 Å². The molecule has 1 aromatic carbocycles. The molecule has 2 rings (SSSR count). The number of carbonyl (C=O) groups is 1. The molecule has 0 spiro atoms. The van der Waals surface area contributed by atoms with Crippen LogP contribution < -0.4 is 4.90 Å². The Kier molecular flexibility index (Phi) is 3.68. The van der Waals surface area contributed by atoms with Crippen LogP contribution in [0.3, 0.4) is 0 Å². The maximum absolute atomic E-state index is 11.0. The monoisotopic (exact) mass is 288 g/mol. The highest BCUT2D eigenvalue weighted by molar-refractivity contribution is 5.89. The zero-order valence-electron chi connectivity index (χ0n) is 12.8. The third-order valence-corrected chi connectivity index (χ3v) is 3.40. The topological polar surface area (TPSA) is 73.6 Å². The first kappa shape index (κ1) is 15.3. The number of hydrogen-bond acceptors (Lipinski definition) is 4. The fourth-order valence-corrected chi connectivity index (χ4v) is 2.99. The van der Waals surface area contributed by atoms with Gasteiger partial charge < -0.3 is 14.7 Å². The number of nitrogens with zero attached hydrogens (tertiary/aromatic N) is 2. The molecule has 0 atom stereocenters. The fraction of sp³-hybridized carbons (Fsp3) is 0.500. The van der Waals surface area contributed by atoms with Crippen molar-refractivity contribution in [1.29, 1.82) is 5.26 Å². The molecule has 0 radical (unpaired) electrons. The number of nitriles is 1. The summed E-state index contributed by atoms with van der Waals surface area (Å²) in [7, 11) is 0. The molecular formula is C16H20N2O3. The summed E-state index contributed by atoms with van der Waals surface area (Å²) in [5, 5.41) is 18.3. The molecule has 1 saturated heterocycles. The van der Waals surface area contributed by atoms with Crippen molar-refractivity contribution in [2.75, 3.05) is 18.0 Å². The highest BCUT2D eigenvalue weighted by Crippen LogP contribution is 2.33. The molecule has 0 amide bonds. The highest BCUT2D eigenvalue weighted by Gasteiger charge is 2.38. The minimum atomic E-state index is -1.03.